The molecule has 0 radical (unpaired) electrons. The summed E-state index contributed by atoms with van der Waals surface area (Å²) < 4.78 is 5.07. The third kappa shape index (κ3) is 2.15. The Morgan fingerprint density at radius 2 is 2.23 bits per heavy atom. The summed E-state index contributed by atoms with van der Waals surface area (Å²) in [6.07, 6.45) is 1.67. The van der Waals surface area contributed by atoms with Gasteiger partial charge in [-0.05, 0) is 0 Å². The van der Waals surface area contributed by atoms with Crippen LogP contribution in [0.3, 0.4) is 0 Å². The first kappa shape index (κ1) is 9.92. The van der Waals surface area contributed by atoms with Gasteiger partial charge in [0, 0.05) is 12.5 Å². The van der Waals surface area contributed by atoms with Crippen molar-refractivity contribution in [3.63, 3.8) is 0 Å². The Hall–Kier alpha value is -1.16. The minimum atomic E-state index is 0.316. The Labute approximate surface area is 78.1 Å². The first-order valence-electron chi connectivity index (χ1n) is 4.29. The maximum atomic E-state index is 5.52. The van der Waals surface area contributed by atoms with Gasteiger partial charge in [0.05, 0.1) is 19.0 Å². The maximum Gasteiger partial charge on any atom is 0.159 e. The van der Waals surface area contributed by atoms with E-state index in [-0.39, 0.29) is 0 Å². The average molecular weight is 181 g/mol. The predicted octanol–water partition coefficient (Wildman–Crippen LogP) is 1.07. The molecular formula is C9H15N3O. The molecule has 0 aromatic carbocycles. The summed E-state index contributed by atoms with van der Waals surface area (Å²) in [7, 11) is 1.59. The lowest BCUT2D eigenvalue weighted by atomic mass is 10.2. The largest absolute Gasteiger partial charge is 0.493 e. The summed E-state index contributed by atoms with van der Waals surface area (Å²) >= 11 is 0. The number of hydrogen-bond donors (Lipinski definition) is 1. The highest BCUT2D eigenvalue weighted by molar-refractivity contribution is 5.24. The van der Waals surface area contributed by atoms with Gasteiger partial charge in [-0.3, -0.25) is 0 Å². The van der Waals surface area contributed by atoms with E-state index in [1.54, 1.807) is 13.3 Å². The standard InChI is InChI=1S/C9H15N3O/c1-6(2)9-11-5-8(13-3)7(4-10)12-9/h5-6H,4,10H2,1-3H3. The van der Waals surface area contributed by atoms with Crippen LogP contribution in [0.4, 0.5) is 0 Å². The molecule has 1 heterocycles. The van der Waals surface area contributed by atoms with Crippen molar-refractivity contribution < 1.29 is 4.74 Å². The van der Waals surface area contributed by atoms with Gasteiger partial charge < -0.3 is 10.5 Å². The minimum absolute atomic E-state index is 0.316. The molecule has 0 fully saturated rings. The molecule has 4 heteroatoms. The molecule has 0 atom stereocenters. The summed E-state index contributed by atoms with van der Waals surface area (Å²) in [5, 5.41) is 0. The normalized spacial score (nSPS) is 10.5. The Bertz CT molecular complexity index is 286. The van der Waals surface area contributed by atoms with Gasteiger partial charge >= 0.3 is 0 Å². The molecule has 0 saturated heterocycles. The molecular weight excluding hydrogens is 166 g/mol. The first-order chi connectivity index (χ1) is 6.19. The van der Waals surface area contributed by atoms with Gasteiger partial charge in [-0.25, -0.2) is 9.97 Å². The van der Waals surface area contributed by atoms with Crippen LogP contribution in [0, 0.1) is 0 Å². The molecule has 1 aromatic rings. The summed E-state index contributed by atoms with van der Waals surface area (Å²) in [6.45, 7) is 4.47. The molecule has 1 rings (SSSR count). The Balaban J connectivity index is 3.05. The molecule has 0 aliphatic carbocycles. The minimum Gasteiger partial charge on any atom is -0.493 e. The fraction of sp³-hybridized carbons (Fsp3) is 0.556. The smallest absolute Gasteiger partial charge is 0.159 e. The lowest BCUT2D eigenvalue weighted by Crippen LogP contribution is -2.07. The monoisotopic (exact) mass is 181 g/mol. The van der Waals surface area contributed by atoms with Crippen LogP contribution < -0.4 is 10.5 Å². The highest BCUT2D eigenvalue weighted by Crippen LogP contribution is 2.16. The van der Waals surface area contributed by atoms with Gasteiger partial charge in [0.2, 0.25) is 0 Å². The van der Waals surface area contributed by atoms with Crippen molar-refractivity contribution in [2.24, 2.45) is 5.73 Å². The maximum absolute atomic E-state index is 5.52. The summed E-state index contributed by atoms with van der Waals surface area (Å²) in [4.78, 5) is 8.47. The van der Waals surface area contributed by atoms with Gasteiger partial charge in [0.25, 0.3) is 0 Å². The van der Waals surface area contributed by atoms with Crippen molar-refractivity contribution in [3.8, 4) is 5.75 Å². The molecule has 0 aliphatic rings. The fourth-order valence-electron chi connectivity index (χ4n) is 1.02. The van der Waals surface area contributed by atoms with Crippen LogP contribution in [0.2, 0.25) is 0 Å². The molecule has 4 nitrogen and oxygen atoms in total. The highest BCUT2D eigenvalue weighted by atomic mass is 16.5. The van der Waals surface area contributed by atoms with E-state index in [1.807, 2.05) is 13.8 Å². The topological polar surface area (TPSA) is 61.0 Å². The van der Waals surface area contributed by atoms with Crippen LogP contribution in [-0.2, 0) is 6.54 Å². The van der Waals surface area contributed by atoms with Gasteiger partial charge in [-0.2, -0.15) is 0 Å². The number of rotatable bonds is 3. The zero-order chi connectivity index (χ0) is 9.84. The molecule has 0 saturated carbocycles. The third-order valence-corrected chi connectivity index (χ3v) is 1.78. The number of ether oxygens (including phenoxy) is 1. The predicted molar refractivity (Wildman–Crippen MR) is 50.6 cm³/mol. The van der Waals surface area contributed by atoms with Crippen LogP contribution in [0.5, 0.6) is 5.75 Å². The molecule has 0 bridgehead atoms. The van der Waals surface area contributed by atoms with E-state index in [9.17, 15) is 0 Å². The molecule has 0 unspecified atom stereocenters. The van der Waals surface area contributed by atoms with Crippen LogP contribution in [0.15, 0.2) is 6.20 Å². The van der Waals surface area contributed by atoms with E-state index in [0.717, 1.165) is 11.5 Å². The number of methoxy groups -OCH3 is 1. The quantitative estimate of drug-likeness (QED) is 0.757. The highest BCUT2D eigenvalue weighted by Gasteiger charge is 2.08. The van der Waals surface area contributed by atoms with E-state index >= 15 is 0 Å². The molecule has 0 aliphatic heterocycles. The summed E-state index contributed by atoms with van der Waals surface area (Å²) in [6, 6.07) is 0. The van der Waals surface area contributed by atoms with Gasteiger partial charge in [0.1, 0.15) is 5.82 Å². The van der Waals surface area contributed by atoms with Crippen LogP contribution in [0.1, 0.15) is 31.3 Å². The second-order valence-electron chi connectivity index (χ2n) is 3.10. The van der Waals surface area contributed by atoms with Crippen molar-refractivity contribution in [2.45, 2.75) is 26.3 Å². The van der Waals surface area contributed by atoms with Crippen molar-refractivity contribution >= 4 is 0 Å². The van der Waals surface area contributed by atoms with E-state index in [1.165, 1.54) is 0 Å². The lowest BCUT2D eigenvalue weighted by Gasteiger charge is -2.08. The Morgan fingerprint density at radius 3 is 2.69 bits per heavy atom. The Morgan fingerprint density at radius 1 is 1.54 bits per heavy atom. The van der Waals surface area contributed by atoms with E-state index < -0.39 is 0 Å². The molecule has 1 aromatic heterocycles. The summed E-state index contributed by atoms with van der Waals surface area (Å²) in [5.74, 6) is 1.78. The van der Waals surface area contributed by atoms with E-state index in [4.69, 9.17) is 10.5 Å². The average Bonchev–Trinajstić information content (AvgIpc) is 2.16. The van der Waals surface area contributed by atoms with Crippen molar-refractivity contribution in [1.29, 1.82) is 0 Å². The second kappa shape index (κ2) is 4.18. The number of aromatic nitrogens is 2. The van der Waals surface area contributed by atoms with Gasteiger partial charge in [-0.15, -0.1) is 0 Å². The zero-order valence-corrected chi connectivity index (χ0v) is 8.24. The van der Waals surface area contributed by atoms with Crippen LogP contribution >= 0.6 is 0 Å². The molecule has 72 valence electrons. The second-order valence-corrected chi connectivity index (χ2v) is 3.10. The molecule has 0 amide bonds. The van der Waals surface area contributed by atoms with Crippen LogP contribution in [-0.4, -0.2) is 17.1 Å². The Kier molecular flexibility index (Phi) is 3.19. The van der Waals surface area contributed by atoms with Gasteiger partial charge in [-0.1, -0.05) is 13.8 Å². The molecule has 0 spiro atoms. The number of nitrogens with two attached hydrogens (primary N) is 1. The molecule has 13 heavy (non-hydrogen) atoms. The third-order valence-electron chi connectivity index (χ3n) is 1.78. The number of nitrogens with zero attached hydrogens (tertiary/aromatic N) is 2. The van der Waals surface area contributed by atoms with Crippen LogP contribution in [0.25, 0.3) is 0 Å². The number of hydrogen-bond acceptors (Lipinski definition) is 4. The first-order valence-corrected chi connectivity index (χ1v) is 4.29. The SMILES string of the molecule is COc1cnc(C(C)C)nc1CN. The zero-order valence-electron chi connectivity index (χ0n) is 8.24. The summed E-state index contributed by atoms with van der Waals surface area (Å²) in [5.41, 5.74) is 6.29. The van der Waals surface area contributed by atoms with Crippen molar-refractivity contribution in [3.05, 3.63) is 17.7 Å². The van der Waals surface area contributed by atoms with E-state index in [2.05, 4.69) is 9.97 Å². The lowest BCUT2D eigenvalue weighted by molar-refractivity contribution is 0.403. The van der Waals surface area contributed by atoms with E-state index in [0.29, 0.717) is 18.2 Å². The van der Waals surface area contributed by atoms with Crippen molar-refractivity contribution in [2.75, 3.05) is 7.11 Å². The van der Waals surface area contributed by atoms with Crippen molar-refractivity contribution in [1.82, 2.24) is 9.97 Å². The van der Waals surface area contributed by atoms with Gasteiger partial charge in [0.15, 0.2) is 5.75 Å². The fourth-order valence-corrected chi connectivity index (χ4v) is 1.02. The molecule has 2 N–H and O–H groups in total.